The molecule has 0 aliphatic heterocycles. The fraction of sp³-hybridized carbons (Fsp3) is 0.250. The van der Waals surface area contributed by atoms with Gasteiger partial charge in [0.1, 0.15) is 0 Å². The third kappa shape index (κ3) is 2.01. The van der Waals surface area contributed by atoms with E-state index in [2.05, 4.69) is 35.6 Å². The van der Waals surface area contributed by atoms with Crippen LogP contribution in [0.4, 0.5) is 0 Å². The third-order valence-corrected chi connectivity index (χ3v) is 3.41. The van der Waals surface area contributed by atoms with Crippen molar-refractivity contribution in [3.63, 3.8) is 0 Å². The Kier molecular flexibility index (Phi) is 3.03. The molecule has 0 amide bonds. The van der Waals surface area contributed by atoms with Crippen molar-refractivity contribution in [1.82, 2.24) is 14.8 Å². The van der Waals surface area contributed by atoms with E-state index in [4.69, 9.17) is 5.10 Å². The number of hydrogen-bond acceptors (Lipinski definition) is 2. The quantitative estimate of drug-likeness (QED) is 0.712. The van der Waals surface area contributed by atoms with E-state index in [9.17, 15) is 0 Å². The molecule has 0 radical (unpaired) electrons. The van der Waals surface area contributed by atoms with E-state index in [-0.39, 0.29) is 0 Å². The van der Waals surface area contributed by atoms with Crippen molar-refractivity contribution >= 4 is 10.9 Å². The van der Waals surface area contributed by atoms with Gasteiger partial charge in [0.15, 0.2) is 0 Å². The minimum absolute atomic E-state index is 0.961. The predicted octanol–water partition coefficient (Wildman–Crippen LogP) is 3.55. The fourth-order valence-electron chi connectivity index (χ4n) is 2.37. The van der Waals surface area contributed by atoms with Crippen LogP contribution in [-0.2, 0) is 12.8 Å². The van der Waals surface area contributed by atoms with E-state index < -0.39 is 0 Å². The highest BCUT2D eigenvalue weighted by atomic mass is 15.3. The number of aryl methyl sites for hydroxylation is 2. The number of benzene rings is 1. The lowest BCUT2D eigenvalue weighted by Gasteiger charge is -2.08. The monoisotopic (exact) mass is 251 g/mol. The number of hydrogen-bond donors (Lipinski definition) is 0. The Bertz CT molecular complexity index is 708. The molecule has 3 rings (SSSR count). The molecule has 3 heteroatoms. The molecule has 0 spiro atoms. The van der Waals surface area contributed by atoms with Crippen LogP contribution in [0.1, 0.15) is 25.2 Å². The smallest absolute Gasteiger partial charge is 0.0758 e. The first kappa shape index (κ1) is 11.9. The summed E-state index contributed by atoms with van der Waals surface area (Å²) in [7, 11) is 0. The standard InChI is InChI=1S/C16H17N3/c1-3-12-11-13(4-2)19(18-12)16-9-10-17-15-8-6-5-7-14(15)16/h5-11H,3-4H2,1-2H3. The number of fused-ring (bicyclic) bond motifs is 1. The van der Waals surface area contributed by atoms with Gasteiger partial charge >= 0.3 is 0 Å². The van der Waals surface area contributed by atoms with Crippen molar-refractivity contribution in [3.05, 3.63) is 54.0 Å². The maximum atomic E-state index is 4.71. The average Bonchev–Trinajstić information content (AvgIpc) is 2.90. The highest BCUT2D eigenvalue weighted by molar-refractivity contribution is 5.86. The van der Waals surface area contributed by atoms with Gasteiger partial charge in [-0.15, -0.1) is 0 Å². The van der Waals surface area contributed by atoms with Gasteiger partial charge in [-0.2, -0.15) is 5.10 Å². The maximum absolute atomic E-state index is 4.71. The molecule has 1 aromatic carbocycles. The van der Waals surface area contributed by atoms with Gasteiger partial charge in [-0.3, -0.25) is 4.98 Å². The van der Waals surface area contributed by atoms with Crippen LogP contribution in [0.5, 0.6) is 0 Å². The molecule has 0 aliphatic rings. The van der Waals surface area contributed by atoms with Gasteiger partial charge in [0, 0.05) is 17.3 Å². The largest absolute Gasteiger partial charge is 0.256 e. The molecule has 3 nitrogen and oxygen atoms in total. The number of aromatic nitrogens is 3. The Hall–Kier alpha value is -2.16. The highest BCUT2D eigenvalue weighted by Gasteiger charge is 2.10. The molecule has 2 aromatic heterocycles. The lowest BCUT2D eigenvalue weighted by Crippen LogP contribution is -2.02. The van der Waals surface area contributed by atoms with Crippen LogP contribution in [-0.4, -0.2) is 14.8 Å². The second kappa shape index (κ2) is 4.84. The molecule has 0 saturated carbocycles. The van der Waals surface area contributed by atoms with E-state index in [1.54, 1.807) is 0 Å². The van der Waals surface area contributed by atoms with Crippen LogP contribution in [0, 0.1) is 0 Å². The summed E-state index contributed by atoms with van der Waals surface area (Å²) < 4.78 is 2.06. The summed E-state index contributed by atoms with van der Waals surface area (Å²) in [6.07, 6.45) is 3.79. The molecule has 2 heterocycles. The Balaban J connectivity index is 2.27. The molecule has 0 fully saturated rings. The van der Waals surface area contributed by atoms with Gasteiger partial charge in [0.05, 0.1) is 16.9 Å². The minimum atomic E-state index is 0.961. The lowest BCUT2D eigenvalue weighted by molar-refractivity contribution is 0.798. The first-order valence-electron chi connectivity index (χ1n) is 6.75. The number of nitrogens with zero attached hydrogens (tertiary/aromatic N) is 3. The van der Waals surface area contributed by atoms with Crippen LogP contribution < -0.4 is 0 Å². The van der Waals surface area contributed by atoms with Gasteiger partial charge in [0.25, 0.3) is 0 Å². The summed E-state index contributed by atoms with van der Waals surface area (Å²) >= 11 is 0. The summed E-state index contributed by atoms with van der Waals surface area (Å²) in [5.41, 5.74) is 4.50. The second-order valence-electron chi connectivity index (χ2n) is 4.59. The van der Waals surface area contributed by atoms with Crippen molar-refractivity contribution in [2.24, 2.45) is 0 Å². The summed E-state index contributed by atoms with van der Waals surface area (Å²) in [4.78, 5) is 4.41. The topological polar surface area (TPSA) is 30.7 Å². The molecule has 3 aromatic rings. The Morgan fingerprint density at radius 2 is 1.89 bits per heavy atom. The van der Waals surface area contributed by atoms with Crippen molar-refractivity contribution in [1.29, 1.82) is 0 Å². The molecule has 0 aliphatic carbocycles. The zero-order valence-electron chi connectivity index (χ0n) is 11.3. The molecular formula is C16H17N3. The zero-order valence-corrected chi connectivity index (χ0v) is 11.3. The van der Waals surface area contributed by atoms with Crippen molar-refractivity contribution in [3.8, 4) is 5.69 Å². The highest BCUT2D eigenvalue weighted by Crippen LogP contribution is 2.22. The van der Waals surface area contributed by atoms with Crippen molar-refractivity contribution in [2.75, 3.05) is 0 Å². The number of rotatable bonds is 3. The molecule has 0 N–H and O–H groups in total. The van der Waals surface area contributed by atoms with E-state index in [1.807, 2.05) is 30.5 Å². The molecule has 0 unspecified atom stereocenters. The molecule has 0 saturated heterocycles. The molecule has 96 valence electrons. The van der Waals surface area contributed by atoms with Gasteiger partial charge in [-0.05, 0) is 31.0 Å². The van der Waals surface area contributed by atoms with Crippen LogP contribution in [0.15, 0.2) is 42.6 Å². The molecule has 19 heavy (non-hydrogen) atoms. The van der Waals surface area contributed by atoms with Gasteiger partial charge in [-0.1, -0.05) is 32.0 Å². The van der Waals surface area contributed by atoms with Crippen molar-refractivity contribution in [2.45, 2.75) is 26.7 Å². The normalized spacial score (nSPS) is 11.1. The van der Waals surface area contributed by atoms with Gasteiger partial charge in [-0.25, -0.2) is 4.68 Å². The number of pyridine rings is 1. The Morgan fingerprint density at radius 3 is 2.68 bits per heavy atom. The zero-order chi connectivity index (χ0) is 13.2. The third-order valence-electron chi connectivity index (χ3n) is 3.41. The van der Waals surface area contributed by atoms with Gasteiger partial charge in [0.2, 0.25) is 0 Å². The lowest BCUT2D eigenvalue weighted by atomic mass is 10.2. The summed E-state index contributed by atoms with van der Waals surface area (Å²) in [5.74, 6) is 0. The van der Waals surface area contributed by atoms with Gasteiger partial charge < -0.3 is 0 Å². The van der Waals surface area contributed by atoms with Crippen LogP contribution >= 0.6 is 0 Å². The van der Waals surface area contributed by atoms with Crippen LogP contribution in [0.2, 0.25) is 0 Å². The fourth-order valence-corrected chi connectivity index (χ4v) is 2.37. The average molecular weight is 251 g/mol. The molecule has 0 bridgehead atoms. The SMILES string of the molecule is CCc1cc(CC)n(-c2ccnc3ccccc23)n1. The number of para-hydroxylation sites is 1. The van der Waals surface area contributed by atoms with E-state index in [0.29, 0.717) is 0 Å². The summed E-state index contributed by atoms with van der Waals surface area (Å²) in [6.45, 7) is 4.30. The van der Waals surface area contributed by atoms with Crippen molar-refractivity contribution < 1.29 is 0 Å². The molecular weight excluding hydrogens is 234 g/mol. The first-order chi connectivity index (χ1) is 9.33. The Labute approximate surface area is 112 Å². The second-order valence-corrected chi connectivity index (χ2v) is 4.59. The maximum Gasteiger partial charge on any atom is 0.0758 e. The van der Waals surface area contributed by atoms with E-state index >= 15 is 0 Å². The predicted molar refractivity (Wildman–Crippen MR) is 77.6 cm³/mol. The summed E-state index contributed by atoms with van der Waals surface area (Å²) in [5, 5.41) is 5.85. The van der Waals surface area contributed by atoms with E-state index in [1.165, 1.54) is 5.69 Å². The first-order valence-corrected chi connectivity index (χ1v) is 6.75. The summed E-state index contributed by atoms with van der Waals surface area (Å²) in [6, 6.07) is 12.4. The molecule has 0 atom stereocenters. The van der Waals surface area contributed by atoms with E-state index in [0.717, 1.165) is 35.1 Å². The van der Waals surface area contributed by atoms with Crippen LogP contribution in [0.25, 0.3) is 16.6 Å². The van der Waals surface area contributed by atoms with Crippen LogP contribution in [0.3, 0.4) is 0 Å². The Morgan fingerprint density at radius 1 is 1.05 bits per heavy atom. The minimum Gasteiger partial charge on any atom is -0.256 e.